The Labute approximate surface area is 34.9 Å². The summed E-state index contributed by atoms with van der Waals surface area (Å²) in [4.78, 5) is 0. The zero-order valence-electron chi connectivity index (χ0n) is 3.19. The average molecular weight is 92.1 g/mol. The maximum Gasteiger partial charge on any atom is 0.309 e. The lowest BCUT2D eigenvalue weighted by Crippen LogP contribution is -1.95. The third kappa shape index (κ3) is 0.666. The normalized spacial score (nSPS) is 25.5. The highest BCUT2D eigenvalue weighted by Gasteiger charge is 2.11. The molecule has 1 aliphatic heterocycles. The quantitative estimate of drug-likeness (QED) is 0.427. The third-order valence-electron chi connectivity index (χ3n) is 0.581. The molecule has 1 saturated heterocycles. The maximum atomic E-state index is 11.5. The number of hydrogen-bond donors (Lipinski definition) is 0. The largest absolute Gasteiger partial charge is 0.324 e. The van der Waals surface area contributed by atoms with Crippen LogP contribution < -0.4 is 0 Å². The Morgan fingerprint density at radius 1 is 1.33 bits per heavy atom. The molecule has 0 saturated carbocycles. The first-order valence-corrected chi connectivity index (χ1v) is 1.77. The highest BCUT2D eigenvalue weighted by atomic mass is 19.2. The van der Waals surface area contributed by atoms with E-state index < -0.39 is 6.54 Å². The highest BCUT2D eigenvalue weighted by molar-refractivity contribution is 4.34. The van der Waals surface area contributed by atoms with Crippen molar-refractivity contribution >= 4 is 0 Å². The SMILES string of the molecule is FC1OCCO1. The number of hydrogen-bond acceptors (Lipinski definition) is 2. The summed E-state index contributed by atoms with van der Waals surface area (Å²) in [5.74, 6) is 0. The van der Waals surface area contributed by atoms with E-state index in [0.717, 1.165) is 0 Å². The van der Waals surface area contributed by atoms with Gasteiger partial charge >= 0.3 is 6.54 Å². The van der Waals surface area contributed by atoms with Crippen molar-refractivity contribution in [1.82, 2.24) is 0 Å². The Morgan fingerprint density at radius 3 is 2.00 bits per heavy atom. The standard InChI is InChI=1S/C3H5FO2/c4-3-5-1-2-6-3/h3H,1-2H2. The summed E-state index contributed by atoms with van der Waals surface area (Å²) < 4.78 is 20.0. The van der Waals surface area contributed by atoms with E-state index in [4.69, 9.17) is 0 Å². The van der Waals surface area contributed by atoms with E-state index in [-0.39, 0.29) is 0 Å². The van der Waals surface area contributed by atoms with Crippen LogP contribution in [0.2, 0.25) is 0 Å². The molecule has 3 heteroatoms. The van der Waals surface area contributed by atoms with Gasteiger partial charge in [-0.15, -0.1) is 0 Å². The van der Waals surface area contributed by atoms with Gasteiger partial charge in [-0.05, 0) is 0 Å². The van der Waals surface area contributed by atoms with Crippen molar-refractivity contribution in [3.63, 3.8) is 0 Å². The van der Waals surface area contributed by atoms with Crippen molar-refractivity contribution in [2.45, 2.75) is 6.54 Å². The average Bonchev–Trinajstić information content (AvgIpc) is 1.86. The van der Waals surface area contributed by atoms with Gasteiger partial charge in [0.2, 0.25) is 0 Å². The lowest BCUT2D eigenvalue weighted by atomic mass is 10.8. The summed E-state index contributed by atoms with van der Waals surface area (Å²) in [6, 6.07) is 0. The van der Waals surface area contributed by atoms with Crippen LogP contribution in [0.25, 0.3) is 0 Å². The van der Waals surface area contributed by atoms with Crippen molar-refractivity contribution in [3.8, 4) is 0 Å². The molecule has 0 aromatic heterocycles. The summed E-state index contributed by atoms with van der Waals surface area (Å²) in [6.07, 6.45) is 0. The molecule has 36 valence electrons. The van der Waals surface area contributed by atoms with Gasteiger partial charge in [-0.1, -0.05) is 0 Å². The third-order valence-corrected chi connectivity index (χ3v) is 0.581. The molecule has 6 heavy (non-hydrogen) atoms. The molecule has 1 fully saturated rings. The second-order valence-corrected chi connectivity index (χ2v) is 1.02. The van der Waals surface area contributed by atoms with E-state index in [2.05, 4.69) is 9.47 Å². The van der Waals surface area contributed by atoms with Crippen LogP contribution in [0.4, 0.5) is 4.39 Å². The van der Waals surface area contributed by atoms with Gasteiger partial charge in [0, 0.05) is 0 Å². The Hall–Kier alpha value is -0.150. The predicted octanol–water partition coefficient (Wildman–Crippen LogP) is 0.286. The zero-order chi connectivity index (χ0) is 4.41. The van der Waals surface area contributed by atoms with Crippen molar-refractivity contribution in [3.05, 3.63) is 0 Å². The first kappa shape index (κ1) is 4.02. The molecule has 0 aliphatic carbocycles. The summed E-state index contributed by atoms with van der Waals surface area (Å²) in [7, 11) is 0. The molecule has 0 atom stereocenters. The molecule has 1 rings (SSSR count). The summed E-state index contributed by atoms with van der Waals surface area (Å²) in [5, 5.41) is 0. The van der Waals surface area contributed by atoms with Gasteiger partial charge in [-0.2, -0.15) is 4.39 Å². The van der Waals surface area contributed by atoms with Crippen LogP contribution >= 0.6 is 0 Å². The monoisotopic (exact) mass is 92.0 g/mol. The van der Waals surface area contributed by atoms with E-state index in [9.17, 15) is 4.39 Å². The lowest BCUT2D eigenvalue weighted by molar-refractivity contribution is -0.138. The fraction of sp³-hybridized carbons (Fsp3) is 1.00. The van der Waals surface area contributed by atoms with Crippen LogP contribution in [-0.2, 0) is 9.47 Å². The predicted molar refractivity (Wildman–Crippen MR) is 16.8 cm³/mol. The van der Waals surface area contributed by atoms with E-state index >= 15 is 0 Å². The molecule has 0 spiro atoms. The molecular formula is C3H5FO2. The van der Waals surface area contributed by atoms with Gasteiger partial charge < -0.3 is 9.47 Å². The fourth-order valence-corrected chi connectivity index (χ4v) is 0.330. The van der Waals surface area contributed by atoms with Crippen LogP contribution in [0.5, 0.6) is 0 Å². The van der Waals surface area contributed by atoms with E-state index in [1.165, 1.54) is 0 Å². The molecule has 0 N–H and O–H groups in total. The van der Waals surface area contributed by atoms with Gasteiger partial charge in [-0.3, -0.25) is 0 Å². The second-order valence-electron chi connectivity index (χ2n) is 1.02. The Morgan fingerprint density at radius 2 is 1.83 bits per heavy atom. The topological polar surface area (TPSA) is 18.5 Å². The molecule has 0 amide bonds. The van der Waals surface area contributed by atoms with E-state index in [0.29, 0.717) is 13.2 Å². The summed E-state index contributed by atoms with van der Waals surface area (Å²) in [5.41, 5.74) is 0. The second kappa shape index (κ2) is 1.53. The van der Waals surface area contributed by atoms with Crippen LogP contribution in [0.1, 0.15) is 0 Å². The smallest absolute Gasteiger partial charge is 0.309 e. The Balaban J connectivity index is 2.18. The van der Waals surface area contributed by atoms with Crippen LogP contribution in [0, 0.1) is 0 Å². The minimum absolute atomic E-state index is 0.390. The van der Waals surface area contributed by atoms with Crippen LogP contribution in [0.15, 0.2) is 0 Å². The Kier molecular flexibility index (Phi) is 1.03. The molecule has 0 aromatic carbocycles. The van der Waals surface area contributed by atoms with Gasteiger partial charge in [0.15, 0.2) is 0 Å². The molecule has 2 nitrogen and oxygen atoms in total. The van der Waals surface area contributed by atoms with Crippen molar-refractivity contribution in [1.29, 1.82) is 0 Å². The zero-order valence-corrected chi connectivity index (χ0v) is 3.19. The van der Waals surface area contributed by atoms with Gasteiger partial charge in [0.1, 0.15) is 0 Å². The summed E-state index contributed by atoms with van der Waals surface area (Å²) >= 11 is 0. The molecule has 0 radical (unpaired) electrons. The van der Waals surface area contributed by atoms with E-state index in [1.54, 1.807) is 0 Å². The number of ether oxygens (including phenoxy) is 2. The fourth-order valence-electron chi connectivity index (χ4n) is 0.330. The molecule has 1 aliphatic rings. The molecule has 1 heterocycles. The van der Waals surface area contributed by atoms with Crippen molar-refractivity contribution < 1.29 is 13.9 Å². The Bertz CT molecular complexity index is 42.1. The van der Waals surface area contributed by atoms with Gasteiger partial charge in [0.25, 0.3) is 0 Å². The molecule has 0 aromatic rings. The minimum atomic E-state index is -1.45. The van der Waals surface area contributed by atoms with Gasteiger partial charge in [-0.25, -0.2) is 0 Å². The lowest BCUT2D eigenvalue weighted by Gasteiger charge is -1.89. The number of alkyl halides is 1. The molecule has 0 unspecified atom stereocenters. The molecule has 0 bridgehead atoms. The van der Waals surface area contributed by atoms with E-state index in [1.807, 2.05) is 0 Å². The highest BCUT2D eigenvalue weighted by Crippen LogP contribution is 2.02. The minimum Gasteiger partial charge on any atom is -0.324 e. The van der Waals surface area contributed by atoms with Crippen LogP contribution in [-0.4, -0.2) is 19.8 Å². The van der Waals surface area contributed by atoms with Gasteiger partial charge in [0.05, 0.1) is 13.2 Å². The number of rotatable bonds is 0. The molecular weight excluding hydrogens is 87.0 g/mol. The van der Waals surface area contributed by atoms with Crippen LogP contribution in [0.3, 0.4) is 0 Å². The maximum absolute atomic E-state index is 11.5. The number of halogens is 1. The first-order chi connectivity index (χ1) is 2.89. The van der Waals surface area contributed by atoms with Crippen molar-refractivity contribution in [2.75, 3.05) is 13.2 Å². The first-order valence-electron chi connectivity index (χ1n) is 1.77. The van der Waals surface area contributed by atoms with Crippen molar-refractivity contribution in [2.24, 2.45) is 0 Å². The summed E-state index contributed by atoms with van der Waals surface area (Å²) in [6.45, 7) is -0.674.